The van der Waals surface area contributed by atoms with Crippen LogP contribution in [0.3, 0.4) is 0 Å². The van der Waals surface area contributed by atoms with Crippen molar-refractivity contribution in [2.75, 3.05) is 0 Å². The van der Waals surface area contributed by atoms with Gasteiger partial charge in [-0.1, -0.05) is 0 Å². The van der Waals surface area contributed by atoms with E-state index in [1.807, 2.05) is 0 Å². The molecule has 9 heavy (non-hydrogen) atoms. The maximum absolute atomic E-state index is 12.0. The van der Waals surface area contributed by atoms with Crippen LogP contribution in [-0.4, -0.2) is 10.1 Å². The Morgan fingerprint density at radius 3 is 2.56 bits per heavy atom. The van der Waals surface area contributed by atoms with Crippen LogP contribution in [0.15, 0.2) is 12.3 Å². The van der Waals surface area contributed by atoms with Crippen LogP contribution in [-0.2, 0) is 0 Å². The number of rotatable bonds is 0. The van der Waals surface area contributed by atoms with Gasteiger partial charge in [-0.05, 0) is 0 Å². The average Bonchev–Trinajstić information content (AvgIpc) is 1.80. The van der Waals surface area contributed by atoms with Gasteiger partial charge in [-0.25, -0.2) is 9.37 Å². The van der Waals surface area contributed by atoms with Gasteiger partial charge in [-0.15, -0.1) is 0 Å². The summed E-state index contributed by atoms with van der Waals surface area (Å²) in [6.45, 7) is 0. The zero-order valence-electron chi connectivity index (χ0n) is 4.31. The molecule has 0 aliphatic heterocycles. The summed E-state index contributed by atoms with van der Waals surface area (Å²) in [6, 6.07) is 0.509. The molecule has 1 rings (SSSR count). The molecular weight excluding hydrogens is 128 g/mol. The van der Waals surface area contributed by atoms with E-state index in [0.29, 0.717) is 12.3 Å². The number of hydrogen-bond donors (Lipinski definition) is 1. The smallest absolute Gasteiger partial charge is 0.216 e. The van der Waals surface area contributed by atoms with Crippen molar-refractivity contribution in [3.8, 4) is 5.75 Å². The van der Waals surface area contributed by atoms with Crippen LogP contribution in [0.5, 0.6) is 5.75 Å². The maximum atomic E-state index is 12.0. The molecule has 0 aliphatic rings. The molecule has 0 amide bonds. The first-order valence-electron chi connectivity index (χ1n) is 2.20. The highest BCUT2D eigenvalue weighted by Crippen LogP contribution is 2.11. The molecule has 0 spiro atoms. The summed E-state index contributed by atoms with van der Waals surface area (Å²) in [5.74, 6) is -2.58. The molecule has 0 atom stereocenters. The summed E-state index contributed by atoms with van der Waals surface area (Å²) in [5, 5.41) is 8.44. The lowest BCUT2D eigenvalue weighted by molar-refractivity contribution is 0.421. The number of pyridine rings is 1. The van der Waals surface area contributed by atoms with E-state index in [9.17, 15) is 8.78 Å². The number of aromatic nitrogens is 1. The van der Waals surface area contributed by atoms with Crippen molar-refractivity contribution in [3.63, 3.8) is 0 Å². The third-order valence-electron chi connectivity index (χ3n) is 0.801. The Labute approximate surface area is 49.8 Å². The summed E-state index contributed by atoms with van der Waals surface area (Å²) in [4.78, 5) is 2.98. The van der Waals surface area contributed by atoms with E-state index in [1.165, 1.54) is 0 Å². The minimum atomic E-state index is -0.998. The zero-order valence-corrected chi connectivity index (χ0v) is 4.31. The van der Waals surface area contributed by atoms with Gasteiger partial charge in [0.25, 0.3) is 0 Å². The van der Waals surface area contributed by atoms with Gasteiger partial charge in [0.15, 0.2) is 11.6 Å². The van der Waals surface area contributed by atoms with E-state index in [0.717, 1.165) is 0 Å². The van der Waals surface area contributed by atoms with Gasteiger partial charge in [-0.2, -0.15) is 4.39 Å². The lowest BCUT2D eigenvalue weighted by atomic mass is 10.4. The van der Waals surface area contributed by atoms with Crippen molar-refractivity contribution >= 4 is 0 Å². The molecule has 0 fully saturated rings. The van der Waals surface area contributed by atoms with Crippen LogP contribution in [0.25, 0.3) is 0 Å². The van der Waals surface area contributed by atoms with Gasteiger partial charge in [0.2, 0.25) is 5.95 Å². The number of hydrogen-bond acceptors (Lipinski definition) is 2. The highest BCUT2D eigenvalue weighted by atomic mass is 19.1. The average molecular weight is 131 g/mol. The predicted octanol–water partition coefficient (Wildman–Crippen LogP) is 1.07. The lowest BCUT2D eigenvalue weighted by Crippen LogP contribution is -1.83. The molecule has 0 aliphatic carbocycles. The normalized spacial score (nSPS) is 9.56. The molecular formula is C5H3F2NO. The van der Waals surface area contributed by atoms with E-state index < -0.39 is 17.5 Å². The molecule has 2 nitrogen and oxygen atoms in total. The Bertz CT molecular complexity index is 226. The van der Waals surface area contributed by atoms with Gasteiger partial charge < -0.3 is 5.11 Å². The highest BCUT2D eigenvalue weighted by Gasteiger charge is 2.00. The molecule has 0 saturated carbocycles. The Hall–Kier alpha value is -1.19. The molecule has 4 heteroatoms. The second-order valence-corrected chi connectivity index (χ2v) is 1.46. The fourth-order valence-electron chi connectivity index (χ4n) is 0.400. The summed E-state index contributed by atoms with van der Waals surface area (Å²) >= 11 is 0. The van der Waals surface area contributed by atoms with Crippen molar-refractivity contribution in [3.05, 3.63) is 24.0 Å². The Morgan fingerprint density at radius 2 is 2.11 bits per heavy atom. The first kappa shape index (κ1) is 5.94. The predicted molar refractivity (Wildman–Crippen MR) is 25.8 cm³/mol. The van der Waals surface area contributed by atoms with Gasteiger partial charge in [0.1, 0.15) is 0 Å². The summed E-state index contributed by atoms with van der Waals surface area (Å²) in [5.41, 5.74) is 0. The molecule has 0 saturated heterocycles. The topological polar surface area (TPSA) is 33.1 Å². The Morgan fingerprint density at radius 1 is 1.44 bits per heavy atom. The van der Waals surface area contributed by atoms with E-state index in [-0.39, 0.29) is 0 Å². The fraction of sp³-hybridized carbons (Fsp3) is 0. The Kier molecular flexibility index (Phi) is 1.30. The van der Waals surface area contributed by atoms with Crippen LogP contribution >= 0.6 is 0 Å². The van der Waals surface area contributed by atoms with E-state index in [2.05, 4.69) is 4.98 Å². The third-order valence-corrected chi connectivity index (χ3v) is 0.801. The van der Waals surface area contributed by atoms with Gasteiger partial charge in [0.05, 0.1) is 6.20 Å². The zero-order chi connectivity index (χ0) is 6.85. The van der Waals surface area contributed by atoms with Crippen molar-refractivity contribution < 1.29 is 13.9 Å². The van der Waals surface area contributed by atoms with Crippen molar-refractivity contribution in [2.24, 2.45) is 0 Å². The molecule has 1 N–H and O–H groups in total. The molecule has 48 valence electrons. The third kappa shape index (κ3) is 1.13. The molecule has 0 aromatic carbocycles. The van der Waals surface area contributed by atoms with Gasteiger partial charge in [0, 0.05) is 6.07 Å². The van der Waals surface area contributed by atoms with E-state index in [1.54, 1.807) is 0 Å². The maximum Gasteiger partial charge on any atom is 0.216 e. The summed E-state index contributed by atoms with van der Waals surface area (Å²) < 4.78 is 23.9. The van der Waals surface area contributed by atoms with Crippen LogP contribution in [0.4, 0.5) is 8.78 Å². The van der Waals surface area contributed by atoms with Gasteiger partial charge in [-0.3, -0.25) is 0 Å². The standard InChI is InChI=1S/C5H3F2NO/c6-3-1-5(7)8-2-4(3)9/h1-2,9H. The molecule has 0 bridgehead atoms. The van der Waals surface area contributed by atoms with E-state index in [4.69, 9.17) is 5.11 Å². The van der Waals surface area contributed by atoms with Crippen LogP contribution in [0.2, 0.25) is 0 Å². The lowest BCUT2D eigenvalue weighted by Gasteiger charge is -1.90. The van der Waals surface area contributed by atoms with Crippen LogP contribution < -0.4 is 0 Å². The van der Waals surface area contributed by atoms with Crippen molar-refractivity contribution in [2.45, 2.75) is 0 Å². The largest absolute Gasteiger partial charge is 0.504 e. The summed E-state index contributed by atoms with van der Waals surface area (Å²) in [7, 11) is 0. The number of halogens is 2. The first-order chi connectivity index (χ1) is 4.20. The Balaban J connectivity index is 3.17. The van der Waals surface area contributed by atoms with Crippen LogP contribution in [0.1, 0.15) is 0 Å². The fourth-order valence-corrected chi connectivity index (χ4v) is 0.400. The van der Waals surface area contributed by atoms with Crippen molar-refractivity contribution in [1.82, 2.24) is 4.98 Å². The first-order valence-corrected chi connectivity index (χ1v) is 2.20. The van der Waals surface area contributed by atoms with Gasteiger partial charge >= 0.3 is 0 Å². The molecule has 1 heterocycles. The number of nitrogens with zero attached hydrogens (tertiary/aromatic N) is 1. The minimum absolute atomic E-state index is 0.509. The SMILES string of the molecule is Oc1cnc(F)cc1F. The molecule has 1 aromatic heterocycles. The van der Waals surface area contributed by atoms with E-state index >= 15 is 0 Å². The molecule has 0 unspecified atom stereocenters. The second kappa shape index (κ2) is 1.97. The molecule has 0 radical (unpaired) electrons. The van der Waals surface area contributed by atoms with Crippen molar-refractivity contribution in [1.29, 1.82) is 0 Å². The summed E-state index contributed by atoms with van der Waals surface area (Å²) in [6.07, 6.45) is 0.713. The quantitative estimate of drug-likeness (QED) is 0.534. The number of aromatic hydroxyl groups is 1. The monoisotopic (exact) mass is 131 g/mol. The van der Waals surface area contributed by atoms with Crippen LogP contribution in [0, 0.1) is 11.8 Å². The second-order valence-electron chi connectivity index (χ2n) is 1.46. The highest BCUT2D eigenvalue weighted by molar-refractivity contribution is 5.16. The molecule has 1 aromatic rings. The minimum Gasteiger partial charge on any atom is -0.504 e.